The van der Waals surface area contributed by atoms with Crippen LogP contribution in [-0.4, -0.2) is 19.7 Å². The number of amides is 1. The van der Waals surface area contributed by atoms with Crippen molar-refractivity contribution in [2.75, 3.05) is 18.6 Å². The molecule has 1 aliphatic rings. The lowest BCUT2D eigenvalue weighted by molar-refractivity contribution is 0.149. The lowest BCUT2D eigenvalue weighted by Gasteiger charge is -2.35. The van der Waals surface area contributed by atoms with E-state index < -0.39 is 6.09 Å². The molecule has 0 saturated heterocycles. The maximum atomic E-state index is 11.9. The fourth-order valence-electron chi connectivity index (χ4n) is 2.82. The van der Waals surface area contributed by atoms with E-state index in [1.165, 1.54) is 0 Å². The van der Waals surface area contributed by atoms with Crippen molar-refractivity contribution in [3.05, 3.63) is 59.7 Å². The molecule has 0 bridgehead atoms. The first-order valence-corrected chi connectivity index (χ1v) is 7.07. The Morgan fingerprint density at radius 3 is 2.14 bits per heavy atom. The minimum atomic E-state index is -0.392. The number of para-hydroxylation sites is 2. The highest BCUT2D eigenvalue weighted by Gasteiger charge is 2.29. The third kappa shape index (κ3) is 2.33. The number of hydrogen-bond acceptors (Lipinski definition) is 3. The standard InChI is InChI=1S/C17H18N2O2/c1-3-21-17(20)18-16-12-8-4-6-10-14(12)19(2)15-11-7-5-9-13(15)16/h4-11,16H,3H2,1-2H3,(H,18,20). The van der Waals surface area contributed by atoms with Gasteiger partial charge in [0.05, 0.1) is 12.6 Å². The molecule has 0 fully saturated rings. The second kappa shape index (κ2) is 5.48. The highest BCUT2D eigenvalue weighted by atomic mass is 16.5. The maximum Gasteiger partial charge on any atom is 0.407 e. The van der Waals surface area contributed by atoms with Crippen molar-refractivity contribution < 1.29 is 9.53 Å². The van der Waals surface area contributed by atoms with Crippen LogP contribution in [0.2, 0.25) is 0 Å². The predicted octanol–water partition coefficient (Wildman–Crippen LogP) is 3.60. The quantitative estimate of drug-likeness (QED) is 0.915. The van der Waals surface area contributed by atoms with Crippen LogP contribution < -0.4 is 10.2 Å². The van der Waals surface area contributed by atoms with E-state index in [4.69, 9.17) is 4.74 Å². The van der Waals surface area contributed by atoms with Crippen molar-refractivity contribution in [3.8, 4) is 0 Å². The van der Waals surface area contributed by atoms with Crippen molar-refractivity contribution in [2.45, 2.75) is 13.0 Å². The maximum absolute atomic E-state index is 11.9. The van der Waals surface area contributed by atoms with Crippen molar-refractivity contribution >= 4 is 17.5 Å². The van der Waals surface area contributed by atoms with Gasteiger partial charge in [-0.05, 0) is 19.1 Å². The molecule has 1 amide bonds. The highest BCUT2D eigenvalue weighted by Crippen LogP contribution is 2.42. The number of rotatable bonds is 2. The Morgan fingerprint density at radius 2 is 1.62 bits per heavy atom. The first-order chi connectivity index (χ1) is 10.2. The highest BCUT2D eigenvalue weighted by molar-refractivity contribution is 5.78. The fraction of sp³-hybridized carbons (Fsp3) is 0.235. The molecule has 3 rings (SSSR count). The van der Waals surface area contributed by atoms with Gasteiger partial charge < -0.3 is 15.0 Å². The number of hydrogen-bond donors (Lipinski definition) is 1. The molecule has 1 aliphatic heterocycles. The molecule has 0 saturated carbocycles. The summed E-state index contributed by atoms with van der Waals surface area (Å²) >= 11 is 0. The third-order valence-electron chi connectivity index (χ3n) is 3.76. The molecule has 4 heteroatoms. The molecule has 4 nitrogen and oxygen atoms in total. The number of alkyl carbamates (subject to hydrolysis) is 1. The van der Waals surface area contributed by atoms with Gasteiger partial charge in [-0.15, -0.1) is 0 Å². The average molecular weight is 282 g/mol. The molecule has 0 spiro atoms. The van der Waals surface area contributed by atoms with Crippen molar-refractivity contribution in [3.63, 3.8) is 0 Å². The molecule has 0 atom stereocenters. The zero-order chi connectivity index (χ0) is 14.8. The Hall–Kier alpha value is -2.49. The summed E-state index contributed by atoms with van der Waals surface area (Å²) in [4.78, 5) is 14.0. The van der Waals surface area contributed by atoms with E-state index in [1.807, 2.05) is 43.4 Å². The number of fused-ring (bicyclic) bond motifs is 2. The summed E-state index contributed by atoms with van der Waals surface area (Å²) in [5.41, 5.74) is 4.34. The molecular formula is C17H18N2O2. The summed E-state index contributed by atoms with van der Waals surface area (Å²) in [5.74, 6) is 0. The molecule has 2 aromatic carbocycles. The smallest absolute Gasteiger partial charge is 0.407 e. The largest absolute Gasteiger partial charge is 0.450 e. The van der Waals surface area contributed by atoms with Gasteiger partial charge in [-0.25, -0.2) is 4.79 Å². The first kappa shape index (κ1) is 13.5. The van der Waals surface area contributed by atoms with E-state index >= 15 is 0 Å². The van der Waals surface area contributed by atoms with Gasteiger partial charge in [0.25, 0.3) is 0 Å². The van der Waals surface area contributed by atoms with Gasteiger partial charge in [-0.1, -0.05) is 36.4 Å². The Balaban J connectivity index is 2.07. The lowest BCUT2D eigenvalue weighted by Crippen LogP contribution is -2.34. The van der Waals surface area contributed by atoms with Gasteiger partial charge >= 0.3 is 6.09 Å². The molecule has 2 aromatic rings. The van der Waals surface area contributed by atoms with Gasteiger partial charge in [0.15, 0.2) is 0 Å². The van der Waals surface area contributed by atoms with Gasteiger partial charge in [-0.2, -0.15) is 0 Å². The number of anilines is 2. The predicted molar refractivity (Wildman–Crippen MR) is 82.9 cm³/mol. The Morgan fingerprint density at radius 1 is 1.10 bits per heavy atom. The molecule has 0 aromatic heterocycles. The summed E-state index contributed by atoms with van der Waals surface area (Å²) in [5, 5.41) is 2.96. The monoisotopic (exact) mass is 282 g/mol. The van der Waals surface area contributed by atoms with E-state index in [0.717, 1.165) is 22.5 Å². The van der Waals surface area contributed by atoms with Gasteiger partial charge in [-0.3, -0.25) is 0 Å². The second-order valence-corrected chi connectivity index (χ2v) is 4.97. The number of nitrogens with one attached hydrogen (secondary N) is 1. The van der Waals surface area contributed by atoms with Crippen molar-refractivity contribution in [1.82, 2.24) is 5.32 Å². The van der Waals surface area contributed by atoms with Crippen LogP contribution in [0, 0.1) is 0 Å². The van der Waals surface area contributed by atoms with Crippen LogP contribution in [0.5, 0.6) is 0 Å². The summed E-state index contributed by atoms with van der Waals surface area (Å²) in [7, 11) is 2.04. The van der Waals surface area contributed by atoms with Crippen LogP contribution in [0.15, 0.2) is 48.5 Å². The van der Waals surface area contributed by atoms with Gasteiger partial charge in [0.1, 0.15) is 0 Å². The first-order valence-electron chi connectivity index (χ1n) is 7.07. The number of carbonyl (C=O) groups is 1. The van der Waals surface area contributed by atoms with E-state index in [-0.39, 0.29) is 6.04 Å². The average Bonchev–Trinajstić information content (AvgIpc) is 2.52. The molecule has 1 heterocycles. The molecule has 0 radical (unpaired) electrons. The van der Waals surface area contributed by atoms with Crippen LogP contribution in [0.25, 0.3) is 0 Å². The van der Waals surface area contributed by atoms with Crippen LogP contribution in [0.3, 0.4) is 0 Å². The Bertz CT molecular complexity index is 622. The second-order valence-electron chi connectivity index (χ2n) is 4.97. The molecule has 108 valence electrons. The van der Waals surface area contributed by atoms with Crippen molar-refractivity contribution in [1.29, 1.82) is 0 Å². The zero-order valence-corrected chi connectivity index (χ0v) is 12.2. The zero-order valence-electron chi connectivity index (χ0n) is 12.2. The van der Waals surface area contributed by atoms with Crippen LogP contribution in [-0.2, 0) is 4.74 Å². The van der Waals surface area contributed by atoms with E-state index in [0.29, 0.717) is 6.61 Å². The van der Waals surface area contributed by atoms with Crippen LogP contribution >= 0.6 is 0 Å². The summed E-state index contributed by atoms with van der Waals surface area (Å²) in [6.45, 7) is 2.16. The SMILES string of the molecule is CCOC(=O)NC1c2ccccc2N(C)c2ccccc21. The summed E-state index contributed by atoms with van der Waals surface area (Å²) in [6.07, 6.45) is -0.392. The molecular weight excluding hydrogens is 264 g/mol. The van der Waals surface area contributed by atoms with Crippen LogP contribution in [0.4, 0.5) is 16.2 Å². The number of carbonyl (C=O) groups excluding carboxylic acids is 1. The minimum absolute atomic E-state index is 0.187. The van der Waals surface area contributed by atoms with Crippen LogP contribution in [0.1, 0.15) is 24.1 Å². The Labute approximate surface area is 124 Å². The van der Waals surface area contributed by atoms with Crippen molar-refractivity contribution in [2.24, 2.45) is 0 Å². The number of benzene rings is 2. The van der Waals surface area contributed by atoms with E-state index in [1.54, 1.807) is 6.92 Å². The topological polar surface area (TPSA) is 41.6 Å². The Kier molecular flexibility index (Phi) is 3.52. The molecule has 0 aliphatic carbocycles. The fourth-order valence-corrected chi connectivity index (χ4v) is 2.82. The number of nitrogens with zero attached hydrogens (tertiary/aromatic N) is 1. The summed E-state index contributed by atoms with van der Waals surface area (Å²) < 4.78 is 5.04. The lowest BCUT2D eigenvalue weighted by atomic mass is 9.91. The van der Waals surface area contributed by atoms with E-state index in [2.05, 4.69) is 22.3 Å². The summed E-state index contributed by atoms with van der Waals surface area (Å²) in [6, 6.07) is 16.0. The molecule has 1 N–H and O–H groups in total. The third-order valence-corrected chi connectivity index (χ3v) is 3.76. The minimum Gasteiger partial charge on any atom is -0.450 e. The van der Waals surface area contributed by atoms with E-state index in [9.17, 15) is 4.79 Å². The molecule has 21 heavy (non-hydrogen) atoms. The van der Waals surface area contributed by atoms with Gasteiger partial charge in [0.2, 0.25) is 0 Å². The number of ether oxygens (including phenoxy) is 1. The van der Waals surface area contributed by atoms with Gasteiger partial charge in [0, 0.05) is 29.5 Å². The normalized spacial score (nSPS) is 13.3. The molecule has 0 unspecified atom stereocenters.